The standard InChI is InChI=1S/C14H14N4.C14H19N3/c1-15-14-6-12-5-10(3-4-11(12)7-17-14)13-8-16-9-18(13)2;1-2-12-3-6-16-13(9-12)17-7-4-14(5-8-17)10-15-11-14/h3-9H,1-2H3,(H,15,17);2-3,6,9,15H,1,4-5,7-8,10-11H2. The van der Waals surface area contributed by atoms with Gasteiger partial charge < -0.3 is 20.1 Å². The molecule has 1 spiro atoms. The molecule has 2 fully saturated rings. The number of pyridine rings is 2. The maximum absolute atomic E-state index is 4.47. The Balaban J connectivity index is 0.000000145. The Bertz CT molecular complexity index is 1310. The number of piperidine rings is 1. The molecule has 0 atom stereocenters. The summed E-state index contributed by atoms with van der Waals surface area (Å²) < 4.78 is 2.02. The van der Waals surface area contributed by atoms with E-state index < -0.39 is 0 Å². The fourth-order valence-electron chi connectivity index (χ4n) is 4.85. The van der Waals surface area contributed by atoms with Gasteiger partial charge in [-0.3, -0.25) is 0 Å². The maximum atomic E-state index is 4.47. The number of rotatable bonds is 4. The molecule has 2 aliphatic rings. The van der Waals surface area contributed by atoms with Crippen LogP contribution in [0.3, 0.4) is 0 Å². The smallest absolute Gasteiger partial charge is 0.129 e. The van der Waals surface area contributed by atoms with Crippen molar-refractivity contribution in [2.45, 2.75) is 12.8 Å². The van der Waals surface area contributed by atoms with Crippen LogP contribution < -0.4 is 15.5 Å². The predicted molar refractivity (Wildman–Crippen MR) is 145 cm³/mol. The lowest BCUT2D eigenvalue weighted by atomic mass is 9.73. The molecule has 4 aromatic rings. The molecule has 35 heavy (non-hydrogen) atoms. The minimum Gasteiger partial charge on any atom is -0.373 e. The largest absolute Gasteiger partial charge is 0.373 e. The van der Waals surface area contributed by atoms with Gasteiger partial charge in [0.2, 0.25) is 0 Å². The van der Waals surface area contributed by atoms with Crippen molar-refractivity contribution in [3.63, 3.8) is 0 Å². The van der Waals surface area contributed by atoms with E-state index in [2.05, 4.69) is 67.4 Å². The van der Waals surface area contributed by atoms with Crippen LogP contribution in [0.4, 0.5) is 11.6 Å². The predicted octanol–water partition coefficient (Wildman–Crippen LogP) is 4.59. The van der Waals surface area contributed by atoms with Gasteiger partial charge in [-0.1, -0.05) is 24.8 Å². The Morgan fingerprint density at radius 2 is 1.86 bits per heavy atom. The summed E-state index contributed by atoms with van der Waals surface area (Å²) in [7, 11) is 3.87. The normalized spacial score (nSPS) is 16.3. The van der Waals surface area contributed by atoms with Crippen LogP contribution in [0.1, 0.15) is 18.4 Å². The van der Waals surface area contributed by atoms with Crippen LogP contribution in [-0.2, 0) is 7.05 Å². The van der Waals surface area contributed by atoms with Crippen molar-refractivity contribution >= 4 is 28.5 Å². The lowest BCUT2D eigenvalue weighted by Crippen LogP contribution is -2.58. The first-order valence-electron chi connectivity index (χ1n) is 12.2. The Morgan fingerprint density at radius 1 is 1.03 bits per heavy atom. The highest BCUT2D eigenvalue weighted by Gasteiger charge is 2.39. The van der Waals surface area contributed by atoms with Crippen LogP contribution in [0.25, 0.3) is 28.1 Å². The van der Waals surface area contributed by atoms with Crippen LogP contribution in [-0.4, -0.2) is 52.7 Å². The summed E-state index contributed by atoms with van der Waals surface area (Å²) in [6, 6.07) is 12.5. The summed E-state index contributed by atoms with van der Waals surface area (Å²) in [4.78, 5) is 15.3. The second-order valence-corrected chi connectivity index (χ2v) is 9.51. The number of anilines is 2. The third kappa shape index (κ3) is 4.91. The maximum Gasteiger partial charge on any atom is 0.129 e. The van der Waals surface area contributed by atoms with Crippen molar-refractivity contribution in [3.8, 4) is 11.3 Å². The molecule has 0 radical (unpaired) electrons. The van der Waals surface area contributed by atoms with E-state index in [-0.39, 0.29) is 0 Å². The lowest BCUT2D eigenvalue weighted by Gasteiger charge is -2.48. The molecule has 180 valence electrons. The van der Waals surface area contributed by atoms with Crippen molar-refractivity contribution in [1.29, 1.82) is 0 Å². The van der Waals surface area contributed by atoms with Gasteiger partial charge in [0, 0.05) is 63.6 Å². The lowest BCUT2D eigenvalue weighted by molar-refractivity contribution is 0.126. The van der Waals surface area contributed by atoms with Gasteiger partial charge in [-0.25, -0.2) is 15.0 Å². The van der Waals surface area contributed by atoms with Crippen LogP contribution in [0.5, 0.6) is 0 Å². The van der Waals surface area contributed by atoms with Crippen LogP contribution in [0.15, 0.2) is 67.9 Å². The number of fused-ring (bicyclic) bond motifs is 1. The monoisotopic (exact) mass is 467 g/mol. The van der Waals surface area contributed by atoms with E-state index in [1.54, 1.807) is 0 Å². The number of hydrogen-bond donors (Lipinski definition) is 2. The van der Waals surface area contributed by atoms with Gasteiger partial charge in [-0.15, -0.1) is 0 Å². The first-order valence-corrected chi connectivity index (χ1v) is 12.2. The summed E-state index contributed by atoms with van der Waals surface area (Å²) in [6.45, 7) is 8.50. The zero-order valence-corrected chi connectivity index (χ0v) is 20.5. The van der Waals surface area contributed by atoms with E-state index in [1.165, 1.54) is 31.3 Å². The number of nitrogens with one attached hydrogen (secondary N) is 2. The molecule has 2 aliphatic heterocycles. The van der Waals surface area contributed by atoms with Crippen LogP contribution in [0, 0.1) is 5.41 Å². The Labute approximate surface area is 206 Å². The zero-order valence-electron chi connectivity index (χ0n) is 20.5. The first kappa shape index (κ1) is 23.1. The van der Waals surface area contributed by atoms with Crippen molar-refractivity contribution in [1.82, 2.24) is 24.8 Å². The van der Waals surface area contributed by atoms with Gasteiger partial charge in [0.25, 0.3) is 0 Å². The van der Waals surface area contributed by atoms with Crippen molar-refractivity contribution in [2.75, 3.05) is 43.4 Å². The second kappa shape index (κ2) is 9.88. The molecule has 0 bridgehead atoms. The minimum absolute atomic E-state index is 0.604. The molecule has 1 aromatic carbocycles. The Hall–Kier alpha value is -3.71. The molecule has 3 aromatic heterocycles. The van der Waals surface area contributed by atoms with Crippen molar-refractivity contribution in [3.05, 3.63) is 73.5 Å². The van der Waals surface area contributed by atoms with Gasteiger partial charge >= 0.3 is 0 Å². The molecule has 2 saturated heterocycles. The molecule has 7 nitrogen and oxygen atoms in total. The van der Waals surface area contributed by atoms with Gasteiger partial charge in [0.1, 0.15) is 11.6 Å². The number of nitrogens with zero attached hydrogens (tertiary/aromatic N) is 5. The quantitative estimate of drug-likeness (QED) is 0.457. The molecule has 5 heterocycles. The number of aryl methyl sites for hydroxylation is 1. The average Bonchev–Trinajstić information content (AvgIpc) is 3.33. The molecular formula is C28H33N7. The molecule has 0 saturated carbocycles. The van der Waals surface area contributed by atoms with Crippen LogP contribution >= 0.6 is 0 Å². The summed E-state index contributed by atoms with van der Waals surface area (Å²) in [6.07, 6.45) is 11.9. The summed E-state index contributed by atoms with van der Waals surface area (Å²) in [5, 5.41) is 8.77. The molecule has 6 rings (SSSR count). The fraction of sp³-hybridized carbons (Fsp3) is 0.321. The van der Waals surface area contributed by atoms with Gasteiger partial charge in [-0.2, -0.15) is 0 Å². The topological polar surface area (TPSA) is 70.9 Å². The average molecular weight is 468 g/mol. The molecule has 0 amide bonds. The Kier molecular flexibility index (Phi) is 6.51. The van der Waals surface area contributed by atoms with E-state index in [4.69, 9.17) is 0 Å². The minimum atomic E-state index is 0.604. The second-order valence-electron chi connectivity index (χ2n) is 9.51. The van der Waals surface area contributed by atoms with E-state index in [0.717, 1.165) is 46.9 Å². The first-order chi connectivity index (χ1) is 17.1. The van der Waals surface area contributed by atoms with Gasteiger partial charge in [-0.05, 0) is 53.5 Å². The highest BCUT2D eigenvalue weighted by atomic mass is 15.2. The van der Waals surface area contributed by atoms with Crippen LogP contribution in [0.2, 0.25) is 0 Å². The Morgan fingerprint density at radius 3 is 2.51 bits per heavy atom. The SMILES string of the molecule is C=Cc1ccnc(N2CCC3(CC2)CNC3)c1.CNc1cc2cc(-c3cncn3C)ccc2cn1. The van der Waals surface area contributed by atoms with Gasteiger partial charge in [0.15, 0.2) is 0 Å². The van der Waals surface area contributed by atoms with E-state index >= 15 is 0 Å². The summed E-state index contributed by atoms with van der Waals surface area (Å²) in [5.41, 5.74) is 4.03. The number of aromatic nitrogens is 4. The van der Waals surface area contributed by atoms with E-state index in [9.17, 15) is 0 Å². The highest BCUT2D eigenvalue weighted by molar-refractivity contribution is 5.88. The number of hydrogen-bond acceptors (Lipinski definition) is 6. The number of imidazole rings is 1. The third-order valence-electron chi connectivity index (χ3n) is 7.24. The van der Waals surface area contributed by atoms with E-state index in [1.807, 2.05) is 55.7 Å². The molecular weight excluding hydrogens is 434 g/mol. The van der Waals surface area contributed by atoms with Gasteiger partial charge in [0.05, 0.1) is 18.2 Å². The van der Waals surface area contributed by atoms with Crippen molar-refractivity contribution in [2.24, 2.45) is 12.5 Å². The van der Waals surface area contributed by atoms with Crippen molar-refractivity contribution < 1.29 is 0 Å². The molecule has 2 N–H and O–H groups in total. The fourth-order valence-corrected chi connectivity index (χ4v) is 4.85. The van der Waals surface area contributed by atoms with E-state index in [0.29, 0.717) is 5.41 Å². The summed E-state index contributed by atoms with van der Waals surface area (Å²) in [5.74, 6) is 1.98. The molecule has 0 aliphatic carbocycles. The summed E-state index contributed by atoms with van der Waals surface area (Å²) >= 11 is 0. The zero-order chi connectivity index (χ0) is 24.3. The third-order valence-corrected chi connectivity index (χ3v) is 7.24. The number of benzene rings is 1. The molecule has 0 unspecified atom stereocenters. The highest BCUT2D eigenvalue weighted by Crippen LogP contribution is 2.36. The molecule has 7 heteroatoms.